The number of carbonyl (C=O) groups is 2. The summed E-state index contributed by atoms with van der Waals surface area (Å²) in [6, 6.07) is 33.9. The first-order chi connectivity index (χ1) is 20.1. The fraction of sp³-hybridized carbons (Fsp3) is 0.129. The summed E-state index contributed by atoms with van der Waals surface area (Å²) < 4.78 is 51.1. The van der Waals surface area contributed by atoms with Crippen molar-refractivity contribution in [2.75, 3.05) is 18.6 Å². The quantitative estimate of drug-likeness (QED) is 0.0773. The molecule has 1 N–H and O–H groups in total. The van der Waals surface area contributed by atoms with Gasteiger partial charge in [-0.15, -0.1) is 0 Å². The highest BCUT2D eigenvalue weighted by Gasteiger charge is 2.27. The number of carbonyl (C=O) groups excluding carboxylic acids is 2. The van der Waals surface area contributed by atoms with Gasteiger partial charge in [-0.3, -0.25) is 0 Å². The fourth-order valence-corrected chi connectivity index (χ4v) is 3.92. The number of hydrogen-bond donors (Lipinski definition) is 1. The summed E-state index contributed by atoms with van der Waals surface area (Å²) in [6.45, 7) is 3.78. The van der Waals surface area contributed by atoms with Gasteiger partial charge in [0, 0.05) is 23.3 Å². The average Bonchev–Trinajstić information content (AvgIpc) is 2.97. The van der Waals surface area contributed by atoms with Crippen LogP contribution in [0, 0.1) is 0 Å². The Labute approximate surface area is 241 Å². The van der Waals surface area contributed by atoms with Crippen LogP contribution in [0.1, 0.15) is 13.8 Å². The number of nitrogens with one attached hydrogen (secondary N) is 1. The van der Waals surface area contributed by atoms with Crippen LogP contribution in [0.3, 0.4) is 0 Å². The highest BCUT2D eigenvalue weighted by molar-refractivity contribution is 6.50. The number of rotatable bonds is 9. The Morgan fingerprint density at radius 1 is 0.690 bits per heavy atom. The van der Waals surface area contributed by atoms with E-state index in [1.807, 2.05) is 78.9 Å². The number of pyridine rings is 1. The van der Waals surface area contributed by atoms with Crippen LogP contribution in [0.25, 0.3) is 33.6 Å². The van der Waals surface area contributed by atoms with Crippen molar-refractivity contribution in [3.8, 4) is 33.6 Å². The highest BCUT2D eigenvalue weighted by atomic mass is 19.5. The second-order valence-corrected chi connectivity index (χ2v) is 8.59. The third-order valence-corrected chi connectivity index (χ3v) is 5.59. The number of ether oxygens (including phenoxy) is 2. The van der Waals surface area contributed by atoms with Crippen molar-refractivity contribution in [1.82, 2.24) is 0 Å². The Balaban J connectivity index is 0.000000892. The number of aromatic nitrogens is 1. The second kappa shape index (κ2) is 15.2. The molecule has 0 amide bonds. The van der Waals surface area contributed by atoms with E-state index in [9.17, 15) is 26.9 Å². The summed E-state index contributed by atoms with van der Waals surface area (Å²) in [7, 11) is -6.00. The Kier molecular flexibility index (Phi) is 11.4. The maximum atomic E-state index is 12.9. The predicted molar refractivity (Wildman–Crippen MR) is 154 cm³/mol. The summed E-state index contributed by atoms with van der Waals surface area (Å²) in [5, 5.41) is 0. The van der Waals surface area contributed by atoms with Gasteiger partial charge in [0.1, 0.15) is 0 Å². The van der Waals surface area contributed by atoms with Crippen molar-refractivity contribution in [2.24, 2.45) is 0 Å². The summed E-state index contributed by atoms with van der Waals surface area (Å²) in [5.74, 6) is -1.30. The molecule has 6 nitrogen and oxygen atoms in total. The van der Waals surface area contributed by atoms with Gasteiger partial charge in [-0.1, -0.05) is 71.4 Å². The van der Waals surface area contributed by atoms with Crippen LogP contribution in [0.5, 0.6) is 0 Å². The molecule has 0 aliphatic carbocycles. The molecule has 0 bridgehead atoms. The Morgan fingerprint density at radius 2 is 1.10 bits per heavy atom. The Bertz CT molecular complexity index is 1430. The van der Waals surface area contributed by atoms with Crippen LogP contribution in [0.4, 0.5) is 17.3 Å². The molecule has 1 heterocycles. The number of hydrogen-bond acceptors (Lipinski definition) is 5. The zero-order valence-electron chi connectivity index (χ0n) is 23.0. The molecule has 0 saturated carbocycles. The molecular formula is C31H29BF4N2O4. The molecule has 0 aliphatic rings. The first kappa shape index (κ1) is 31.6. The summed E-state index contributed by atoms with van der Waals surface area (Å²) in [4.78, 5) is 25.2. The van der Waals surface area contributed by atoms with Crippen molar-refractivity contribution < 1.29 is 41.0 Å². The molecule has 0 atom stereocenters. The minimum absolute atomic E-state index is 0.0351. The summed E-state index contributed by atoms with van der Waals surface area (Å²) in [5.41, 5.74) is 8.61. The second-order valence-electron chi connectivity index (χ2n) is 8.59. The van der Waals surface area contributed by atoms with Crippen molar-refractivity contribution in [3.05, 3.63) is 115 Å². The van der Waals surface area contributed by atoms with E-state index in [1.165, 1.54) is 0 Å². The Morgan fingerprint density at radius 3 is 1.50 bits per heavy atom. The van der Waals surface area contributed by atoms with Gasteiger partial charge in [0.15, 0.2) is 5.70 Å². The van der Waals surface area contributed by atoms with E-state index in [0.717, 1.165) is 39.7 Å². The Hall–Kier alpha value is -4.93. The van der Waals surface area contributed by atoms with Crippen LogP contribution >= 0.6 is 0 Å². The van der Waals surface area contributed by atoms with Crippen molar-refractivity contribution in [1.29, 1.82) is 0 Å². The molecule has 0 spiro atoms. The number of esters is 2. The predicted octanol–water partition coefficient (Wildman–Crippen LogP) is 6.83. The van der Waals surface area contributed by atoms with E-state index >= 15 is 0 Å². The van der Waals surface area contributed by atoms with Gasteiger partial charge in [0.2, 0.25) is 11.4 Å². The smallest absolute Gasteiger partial charge is 0.463 e. The van der Waals surface area contributed by atoms with Crippen LogP contribution in [0.2, 0.25) is 0 Å². The summed E-state index contributed by atoms with van der Waals surface area (Å²) >= 11 is 0. The van der Waals surface area contributed by atoms with Gasteiger partial charge in [-0.05, 0) is 49.2 Å². The van der Waals surface area contributed by atoms with Crippen LogP contribution < -0.4 is 10.1 Å². The molecule has 3 aromatic carbocycles. The van der Waals surface area contributed by atoms with Gasteiger partial charge in [0.25, 0.3) is 0 Å². The zero-order valence-corrected chi connectivity index (χ0v) is 23.0. The maximum absolute atomic E-state index is 12.9. The van der Waals surface area contributed by atoms with Crippen LogP contribution in [0.15, 0.2) is 115 Å². The van der Waals surface area contributed by atoms with Crippen molar-refractivity contribution in [3.63, 3.8) is 0 Å². The van der Waals surface area contributed by atoms with E-state index in [4.69, 9.17) is 9.47 Å². The lowest BCUT2D eigenvalue weighted by molar-refractivity contribution is -0.622. The fourth-order valence-electron chi connectivity index (χ4n) is 3.92. The number of halogens is 4. The standard InChI is InChI=1S/C31H28N2O4.BF4/c1-3-36-30(34)22-27(31(35)37-4-2)32-33-28(24-16-10-6-11-17-24)20-26(23-14-8-5-9-15-23)21-29(33)25-18-12-7-13-19-25;2-1(3,4)5/h5-22H,3-4H2,1-2H3;/q;-1/p+1. The number of benzene rings is 3. The molecule has 0 radical (unpaired) electrons. The normalized spacial score (nSPS) is 11.1. The molecule has 0 unspecified atom stereocenters. The molecule has 218 valence electrons. The van der Waals surface area contributed by atoms with Crippen molar-refractivity contribution >= 4 is 19.2 Å². The van der Waals surface area contributed by atoms with Gasteiger partial charge >= 0.3 is 19.2 Å². The highest BCUT2D eigenvalue weighted by Crippen LogP contribution is 2.29. The third-order valence-electron chi connectivity index (χ3n) is 5.59. The molecule has 1 aromatic heterocycles. The first-order valence-corrected chi connectivity index (χ1v) is 13.1. The monoisotopic (exact) mass is 580 g/mol. The molecule has 11 heteroatoms. The van der Waals surface area contributed by atoms with E-state index in [-0.39, 0.29) is 18.9 Å². The minimum Gasteiger partial charge on any atom is -0.463 e. The molecule has 0 saturated heterocycles. The van der Waals surface area contributed by atoms with Crippen LogP contribution in [-0.4, -0.2) is 32.4 Å². The first-order valence-electron chi connectivity index (χ1n) is 13.1. The topological polar surface area (TPSA) is 68.5 Å². The maximum Gasteiger partial charge on any atom is 0.673 e. The molecule has 0 aliphatic heterocycles. The van der Waals surface area contributed by atoms with Gasteiger partial charge in [0.05, 0.1) is 19.3 Å². The lowest BCUT2D eigenvalue weighted by Crippen LogP contribution is -2.50. The summed E-state index contributed by atoms with van der Waals surface area (Å²) in [6.07, 6.45) is 1.13. The largest absolute Gasteiger partial charge is 0.673 e. The molecular weight excluding hydrogens is 551 g/mol. The molecule has 42 heavy (non-hydrogen) atoms. The minimum atomic E-state index is -6.00. The SMILES string of the molecule is CCOC(=O)/C=C(/N[n+]1c(-c2ccccc2)cc(-c2ccccc2)cc1-c1ccccc1)C(=O)OCC.F[B-](F)(F)F. The average molecular weight is 580 g/mol. The van der Waals surface area contributed by atoms with E-state index in [0.29, 0.717) is 0 Å². The third kappa shape index (κ3) is 9.62. The van der Waals surface area contributed by atoms with E-state index in [2.05, 4.69) is 29.7 Å². The zero-order chi connectivity index (χ0) is 30.5. The molecule has 4 rings (SSSR count). The lowest BCUT2D eigenvalue weighted by Gasteiger charge is -2.14. The molecule has 0 fully saturated rings. The van der Waals surface area contributed by atoms with E-state index < -0.39 is 19.2 Å². The van der Waals surface area contributed by atoms with Gasteiger partial charge in [-0.2, -0.15) is 5.43 Å². The van der Waals surface area contributed by atoms with E-state index in [1.54, 1.807) is 18.5 Å². The van der Waals surface area contributed by atoms with Gasteiger partial charge < -0.3 is 26.7 Å². The lowest BCUT2D eigenvalue weighted by atomic mass is 9.99. The molecule has 4 aromatic rings. The number of nitrogens with zero attached hydrogens (tertiary/aromatic N) is 1. The van der Waals surface area contributed by atoms with Gasteiger partial charge in [-0.25, -0.2) is 9.59 Å². The van der Waals surface area contributed by atoms with Crippen molar-refractivity contribution in [2.45, 2.75) is 13.8 Å². The van der Waals surface area contributed by atoms with Crippen LogP contribution in [-0.2, 0) is 19.1 Å².